The van der Waals surface area contributed by atoms with Gasteiger partial charge in [-0.3, -0.25) is 9.78 Å². The molecule has 0 amide bonds. The van der Waals surface area contributed by atoms with Crippen molar-refractivity contribution in [1.82, 2.24) is 4.98 Å². The summed E-state index contributed by atoms with van der Waals surface area (Å²) in [7, 11) is 0. The standard InChI is InChI=1S/C11H16N2O2/c1-8(2)9-4-3-7-13-10(9)5-6-11(14)15-12/h3-4,7-8H,5-6,12H2,1-2H3. The fourth-order valence-electron chi connectivity index (χ4n) is 1.46. The Labute approximate surface area is 89.4 Å². The third kappa shape index (κ3) is 3.32. The minimum Gasteiger partial charge on any atom is -0.373 e. The monoisotopic (exact) mass is 208 g/mol. The highest BCUT2D eigenvalue weighted by molar-refractivity contribution is 5.69. The highest BCUT2D eigenvalue weighted by Gasteiger charge is 2.09. The zero-order valence-corrected chi connectivity index (χ0v) is 9.06. The number of carbonyl (C=O) groups excluding carboxylic acids is 1. The van der Waals surface area contributed by atoms with E-state index < -0.39 is 5.97 Å². The van der Waals surface area contributed by atoms with Crippen molar-refractivity contribution in [3.8, 4) is 0 Å². The fraction of sp³-hybridized carbons (Fsp3) is 0.455. The van der Waals surface area contributed by atoms with Gasteiger partial charge in [0.05, 0.1) is 6.42 Å². The van der Waals surface area contributed by atoms with Crippen LogP contribution in [-0.2, 0) is 16.1 Å². The van der Waals surface area contributed by atoms with Gasteiger partial charge in [0, 0.05) is 18.3 Å². The molecule has 0 atom stereocenters. The maximum Gasteiger partial charge on any atom is 0.324 e. The quantitative estimate of drug-likeness (QED) is 0.762. The number of hydrogen-bond donors (Lipinski definition) is 1. The Morgan fingerprint density at radius 2 is 2.33 bits per heavy atom. The molecule has 0 spiro atoms. The molecule has 0 bridgehead atoms. The Balaban J connectivity index is 2.71. The maximum absolute atomic E-state index is 10.9. The minimum atomic E-state index is -0.407. The average Bonchev–Trinajstić information content (AvgIpc) is 2.26. The number of pyridine rings is 1. The maximum atomic E-state index is 10.9. The second kappa shape index (κ2) is 5.46. The van der Waals surface area contributed by atoms with Crippen LogP contribution >= 0.6 is 0 Å². The normalized spacial score (nSPS) is 10.4. The van der Waals surface area contributed by atoms with Crippen LogP contribution in [0.15, 0.2) is 18.3 Å². The lowest BCUT2D eigenvalue weighted by atomic mass is 9.99. The van der Waals surface area contributed by atoms with Gasteiger partial charge in [0.15, 0.2) is 0 Å². The second-order valence-electron chi connectivity index (χ2n) is 3.68. The Bertz CT molecular complexity index is 337. The molecule has 1 heterocycles. The van der Waals surface area contributed by atoms with Crippen LogP contribution in [0.4, 0.5) is 0 Å². The van der Waals surface area contributed by atoms with Crippen molar-refractivity contribution in [2.24, 2.45) is 5.90 Å². The van der Waals surface area contributed by atoms with Crippen LogP contribution in [-0.4, -0.2) is 11.0 Å². The van der Waals surface area contributed by atoms with Crippen molar-refractivity contribution < 1.29 is 9.63 Å². The summed E-state index contributed by atoms with van der Waals surface area (Å²) in [4.78, 5) is 19.3. The zero-order chi connectivity index (χ0) is 11.3. The Hall–Kier alpha value is -1.42. The smallest absolute Gasteiger partial charge is 0.324 e. The lowest BCUT2D eigenvalue weighted by Crippen LogP contribution is -2.11. The zero-order valence-electron chi connectivity index (χ0n) is 9.06. The van der Waals surface area contributed by atoms with Crippen molar-refractivity contribution in [3.63, 3.8) is 0 Å². The first kappa shape index (κ1) is 11.7. The van der Waals surface area contributed by atoms with Crippen molar-refractivity contribution in [2.75, 3.05) is 0 Å². The summed E-state index contributed by atoms with van der Waals surface area (Å²) in [5.41, 5.74) is 2.11. The topological polar surface area (TPSA) is 65.2 Å². The van der Waals surface area contributed by atoms with Crippen molar-refractivity contribution in [3.05, 3.63) is 29.6 Å². The molecule has 2 N–H and O–H groups in total. The largest absolute Gasteiger partial charge is 0.373 e. The molecule has 15 heavy (non-hydrogen) atoms. The van der Waals surface area contributed by atoms with Crippen LogP contribution in [0.2, 0.25) is 0 Å². The van der Waals surface area contributed by atoms with Crippen LogP contribution in [0.25, 0.3) is 0 Å². The van der Waals surface area contributed by atoms with E-state index in [2.05, 4.69) is 23.7 Å². The third-order valence-corrected chi connectivity index (χ3v) is 2.24. The van der Waals surface area contributed by atoms with Gasteiger partial charge in [-0.2, -0.15) is 5.90 Å². The molecule has 82 valence electrons. The molecule has 0 aliphatic carbocycles. The van der Waals surface area contributed by atoms with Crippen molar-refractivity contribution in [2.45, 2.75) is 32.6 Å². The van der Waals surface area contributed by atoms with E-state index >= 15 is 0 Å². The predicted octanol–water partition coefficient (Wildman–Crippen LogP) is 1.55. The Morgan fingerprint density at radius 1 is 1.60 bits per heavy atom. The molecule has 0 aliphatic heterocycles. The molecule has 0 saturated carbocycles. The van der Waals surface area contributed by atoms with Crippen LogP contribution in [0.5, 0.6) is 0 Å². The summed E-state index contributed by atoms with van der Waals surface area (Å²) in [5, 5.41) is 0. The first-order valence-electron chi connectivity index (χ1n) is 4.98. The lowest BCUT2D eigenvalue weighted by Gasteiger charge is -2.10. The summed E-state index contributed by atoms with van der Waals surface area (Å²) in [6.07, 6.45) is 2.58. The molecule has 0 unspecified atom stereocenters. The summed E-state index contributed by atoms with van der Waals surface area (Å²) in [6, 6.07) is 3.93. The van der Waals surface area contributed by atoms with Gasteiger partial charge in [-0.25, -0.2) is 0 Å². The van der Waals surface area contributed by atoms with Gasteiger partial charge in [-0.05, 0) is 17.5 Å². The molecular weight excluding hydrogens is 192 g/mol. The lowest BCUT2D eigenvalue weighted by molar-refractivity contribution is -0.144. The fourth-order valence-corrected chi connectivity index (χ4v) is 1.46. The van der Waals surface area contributed by atoms with Gasteiger partial charge in [0.1, 0.15) is 0 Å². The Morgan fingerprint density at radius 3 is 2.93 bits per heavy atom. The van der Waals surface area contributed by atoms with E-state index in [9.17, 15) is 4.79 Å². The number of carbonyl (C=O) groups is 1. The number of hydrogen-bond acceptors (Lipinski definition) is 4. The van der Waals surface area contributed by atoms with E-state index in [4.69, 9.17) is 5.90 Å². The number of aryl methyl sites for hydroxylation is 1. The van der Waals surface area contributed by atoms with Crippen LogP contribution < -0.4 is 5.90 Å². The molecule has 0 fully saturated rings. The van der Waals surface area contributed by atoms with E-state index in [1.165, 1.54) is 5.56 Å². The molecule has 1 aromatic heterocycles. The molecule has 0 saturated heterocycles. The Kier molecular flexibility index (Phi) is 4.24. The van der Waals surface area contributed by atoms with E-state index in [0.717, 1.165) is 5.69 Å². The molecule has 4 nitrogen and oxygen atoms in total. The van der Waals surface area contributed by atoms with E-state index in [-0.39, 0.29) is 6.42 Å². The van der Waals surface area contributed by atoms with E-state index in [0.29, 0.717) is 12.3 Å². The summed E-state index contributed by atoms with van der Waals surface area (Å²) in [5.74, 6) is 4.76. The summed E-state index contributed by atoms with van der Waals surface area (Å²) >= 11 is 0. The first-order valence-corrected chi connectivity index (χ1v) is 4.98. The van der Waals surface area contributed by atoms with Crippen LogP contribution in [0.1, 0.15) is 37.4 Å². The molecule has 0 aromatic carbocycles. The molecular formula is C11H16N2O2. The van der Waals surface area contributed by atoms with Crippen molar-refractivity contribution in [1.29, 1.82) is 0 Å². The van der Waals surface area contributed by atoms with Gasteiger partial charge < -0.3 is 4.84 Å². The van der Waals surface area contributed by atoms with Gasteiger partial charge in [-0.1, -0.05) is 19.9 Å². The molecule has 0 aliphatic rings. The second-order valence-corrected chi connectivity index (χ2v) is 3.68. The van der Waals surface area contributed by atoms with Gasteiger partial charge in [0.25, 0.3) is 0 Å². The van der Waals surface area contributed by atoms with Gasteiger partial charge in [0.2, 0.25) is 0 Å². The van der Waals surface area contributed by atoms with E-state index in [1.807, 2.05) is 12.1 Å². The number of nitrogens with two attached hydrogens (primary N) is 1. The third-order valence-electron chi connectivity index (χ3n) is 2.24. The molecule has 1 aromatic rings. The first-order chi connectivity index (χ1) is 7.15. The predicted molar refractivity (Wildman–Crippen MR) is 56.9 cm³/mol. The number of rotatable bonds is 4. The van der Waals surface area contributed by atoms with Crippen LogP contribution in [0, 0.1) is 0 Å². The number of nitrogens with zero attached hydrogens (tertiary/aromatic N) is 1. The SMILES string of the molecule is CC(C)c1cccnc1CCC(=O)ON. The molecule has 0 radical (unpaired) electrons. The molecule has 1 rings (SSSR count). The minimum absolute atomic E-state index is 0.271. The summed E-state index contributed by atoms with van der Waals surface area (Å²) in [6.45, 7) is 4.20. The number of aromatic nitrogens is 1. The average molecular weight is 208 g/mol. The van der Waals surface area contributed by atoms with Gasteiger partial charge in [-0.15, -0.1) is 0 Å². The summed E-state index contributed by atoms with van der Waals surface area (Å²) < 4.78 is 0. The van der Waals surface area contributed by atoms with Gasteiger partial charge >= 0.3 is 5.97 Å². The highest BCUT2D eigenvalue weighted by Crippen LogP contribution is 2.18. The van der Waals surface area contributed by atoms with E-state index in [1.54, 1.807) is 6.20 Å². The van der Waals surface area contributed by atoms with Crippen molar-refractivity contribution >= 4 is 5.97 Å². The molecule has 4 heteroatoms. The highest BCUT2D eigenvalue weighted by atomic mass is 16.7. The van der Waals surface area contributed by atoms with Crippen LogP contribution in [0.3, 0.4) is 0 Å².